The zero-order chi connectivity index (χ0) is 13.7. The van der Waals surface area contributed by atoms with Gasteiger partial charge >= 0.3 is 0 Å². The lowest BCUT2D eigenvalue weighted by Crippen LogP contribution is -2.22. The van der Waals surface area contributed by atoms with E-state index in [1.165, 1.54) is 0 Å². The van der Waals surface area contributed by atoms with Gasteiger partial charge in [0.25, 0.3) is 0 Å². The van der Waals surface area contributed by atoms with E-state index in [0.717, 1.165) is 29.7 Å². The third kappa shape index (κ3) is 3.40. The van der Waals surface area contributed by atoms with Gasteiger partial charge in [-0.05, 0) is 18.6 Å². The summed E-state index contributed by atoms with van der Waals surface area (Å²) in [6.45, 7) is 0.723. The van der Waals surface area contributed by atoms with E-state index in [-0.39, 0.29) is 5.91 Å². The first kappa shape index (κ1) is 13.3. The van der Waals surface area contributed by atoms with Gasteiger partial charge in [-0.15, -0.1) is 0 Å². The van der Waals surface area contributed by atoms with Gasteiger partial charge in [0.1, 0.15) is 12.1 Å². The molecule has 1 heterocycles. The standard InChI is InChI=1S/C14H18N4O/c1-18(2)13(19)8-5-9-15-14-11-6-3-4-7-12(11)16-10-17-14/h3-4,6-7,10H,5,8-9H2,1-2H3,(H,15,16,17). The van der Waals surface area contributed by atoms with Crippen molar-refractivity contribution in [2.24, 2.45) is 0 Å². The van der Waals surface area contributed by atoms with E-state index in [9.17, 15) is 4.79 Å². The highest BCUT2D eigenvalue weighted by Gasteiger charge is 2.04. The minimum Gasteiger partial charge on any atom is -0.369 e. The van der Waals surface area contributed by atoms with Gasteiger partial charge in [-0.25, -0.2) is 9.97 Å². The topological polar surface area (TPSA) is 58.1 Å². The molecule has 5 heteroatoms. The molecule has 100 valence electrons. The number of carbonyl (C=O) groups excluding carboxylic acids is 1. The lowest BCUT2D eigenvalue weighted by Gasteiger charge is -2.11. The molecule has 0 saturated heterocycles. The van der Waals surface area contributed by atoms with Gasteiger partial charge in [-0.1, -0.05) is 12.1 Å². The highest BCUT2D eigenvalue weighted by molar-refractivity contribution is 5.88. The Morgan fingerprint density at radius 3 is 2.84 bits per heavy atom. The Morgan fingerprint density at radius 2 is 2.05 bits per heavy atom. The van der Waals surface area contributed by atoms with Crippen LogP contribution in [0.2, 0.25) is 0 Å². The first-order valence-electron chi connectivity index (χ1n) is 6.32. The van der Waals surface area contributed by atoms with Crippen LogP contribution in [0, 0.1) is 0 Å². The van der Waals surface area contributed by atoms with Crippen LogP contribution in [0.15, 0.2) is 30.6 Å². The Labute approximate surface area is 112 Å². The second-order valence-electron chi connectivity index (χ2n) is 4.56. The van der Waals surface area contributed by atoms with Crippen LogP contribution in [-0.2, 0) is 4.79 Å². The highest BCUT2D eigenvalue weighted by Crippen LogP contribution is 2.18. The minimum atomic E-state index is 0.148. The molecule has 0 aliphatic rings. The lowest BCUT2D eigenvalue weighted by atomic mass is 10.2. The average Bonchev–Trinajstić information content (AvgIpc) is 2.43. The number of carbonyl (C=O) groups is 1. The van der Waals surface area contributed by atoms with Crippen LogP contribution in [0.4, 0.5) is 5.82 Å². The molecule has 0 atom stereocenters. The van der Waals surface area contributed by atoms with Crippen molar-refractivity contribution < 1.29 is 4.79 Å². The van der Waals surface area contributed by atoms with E-state index in [4.69, 9.17) is 0 Å². The van der Waals surface area contributed by atoms with Gasteiger partial charge in [0.2, 0.25) is 5.91 Å². The Kier molecular flexibility index (Phi) is 4.28. The molecule has 0 saturated carbocycles. The molecule has 2 aromatic rings. The molecular formula is C14H18N4O. The molecule has 1 amide bonds. The Morgan fingerprint density at radius 1 is 1.26 bits per heavy atom. The molecule has 5 nitrogen and oxygen atoms in total. The average molecular weight is 258 g/mol. The summed E-state index contributed by atoms with van der Waals surface area (Å²) in [4.78, 5) is 21.5. The maximum absolute atomic E-state index is 11.4. The summed E-state index contributed by atoms with van der Waals surface area (Å²) >= 11 is 0. The molecule has 0 radical (unpaired) electrons. The fraction of sp³-hybridized carbons (Fsp3) is 0.357. The van der Waals surface area contributed by atoms with Crippen molar-refractivity contribution in [1.82, 2.24) is 14.9 Å². The molecule has 0 fully saturated rings. The van der Waals surface area contributed by atoms with Gasteiger partial charge in [-0.2, -0.15) is 0 Å². The third-order valence-corrected chi connectivity index (χ3v) is 2.90. The minimum absolute atomic E-state index is 0.148. The number of aromatic nitrogens is 2. The summed E-state index contributed by atoms with van der Waals surface area (Å²) in [5, 5.41) is 4.26. The zero-order valence-electron chi connectivity index (χ0n) is 11.3. The summed E-state index contributed by atoms with van der Waals surface area (Å²) in [5.74, 6) is 0.970. The lowest BCUT2D eigenvalue weighted by molar-refractivity contribution is -0.128. The van der Waals surface area contributed by atoms with E-state index in [0.29, 0.717) is 6.42 Å². The molecule has 2 rings (SSSR count). The fourth-order valence-corrected chi connectivity index (χ4v) is 1.82. The number of nitrogens with zero attached hydrogens (tertiary/aromatic N) is 3. The first-order valence-corrected chi connectivity index (χ1v) is 6.32. The predicted molar refractivity (Wildman–Crippen MR) is 76.0 cm³/mol. The summed E-state index contributed by atoms with van der Waals surface area (Å²) in [6, 6.07) is 7.86. The van der Waals surface area contributed by atoms with Gasteiger partial charge < -0.3 is 10.2 Å². The van der Waals surface area contributed by atoms with Crippen molar-refractivity contribution in [2.45, 2.75) is 12.8 Å². The van der Waals surface area contributed by atoms with Crippen LogP contribution in [0.5, 0.6) is 0 Å². The summed E-state index contributed by atoms with van der Waals surface area (Å²) in [6.07, 6.45) is 2.88. The highest BCUT2D eigenvalue weighted by atomic mass is 16.2. The smallest absolute Gasteiger partial charge is 0.222 e. The largest absolute Gasteiger partial charge is 0.369 e. The van der Waals surface area contributed by atoms with E-state index >= 15 is 0 Å². The van der Waals surface area contributed by atoms with Gasteiger partial charge in [0.05, 0.1) is 5.52 Å². The van der Waals surface area contributed by atoms with Crippen molar-refractivity contribution in [3.8, 4) is 0 Å². The van der Waals surface area contributed by atoms with Crippen molar-refractivity contribution in [3.05, 3.63) is 30.6 Å². The molecule has 0 bridgehead atoms. The van der Waals surface area contributed by atoms with Gasteiger partial charge in [-0.3, -0.25) is 4.79 Å². The zero-order valence-corrected chi connectivity index (χ0v) is 11.3. The number of amides is 1. The number of hydrogen-bond donors (Lipinski definition) is 1. The van der Waals surface area contributed by atoms with E-state index in [1.807, 2.05) is 24.3 Å². The predicted octanol–water partition coefficient (Wildman–Crippen LogP) is 1.91. The number of para-hydroxylation sites is 1. The Hall–Kier alpha value is -2.17. The second kappa shape index (κ2) is 6.13. The van der Waals surface area contributed by atoms with Gasteiger partial charge in [0.15, 0.2) is 0 Å². The van der Waals surface area contributed by atoms with E-state index in [2.05, 4.69) is 15.3 Å². The van der Waals surface area contributed by atoms with Crippen LogP contribution in [-0.4, -0.2) is 41.4 Å². The summed E-state index contributed by atoms with van der Waals surface area (Å²) in [7, 11) is 3.54. The number of rotatable bonds is 5. The van der Waals surface area contributed by atoms with Gasteiger partial charge in [0, 0.05) is 32.4 Å². The number of fused-ring (bicyclic) bond motifs is 1. The summed E-state index contributed by atoms with van der Waals surface area (Å²) < 4.78 is 0. The number of hydrogen-bond acceptors (Lipinski definition) is 4. The molecule has 0 aliphatic heterocycles. The molecule has 0 aliphatic carbocycles. The number of benzene rings is 1. The van der Waals surface area contributed by atoms with Crippen molar-refractivity contribution in [2.75, 3.05) is 26.0 Å². The summed E-state index contributed by atoms with van der Waals surface area (Å²) in [5.41, 5.74) is 0.921. The molecule has 1 N–H and O–H groups in total. The van der Waals surface area contributed by atoms with Crippen molar-refractivity contribution in [1.29, 1.82) is 0 Å². The number of anilines is 1. The van der Waals surface area contributed by atoms with E-state index in [1.54, 1.807) is 25.3 Å². The number of nitrogens with one attached hydrogen (secondary N) is 1. The molecule has 19 heavy (non-hydrogen) atoms. The molecular weight excluding hydrogens is 240 g/mol. The first-order chi connectivity index (χ1) is 9.18. The monoisotopic (exact) mass is 258 g/mol. The molecule has 0 unspecified atom stereocenters. The molecule has 1 aromatic heterocycles. The SMILES string of the molecule is CN(C)C(=O)CCCNc1ncnc2ccccc12. The Bertz CT molecular complexity index is 563. The molecule has 1 aromatic carbocycles. The van der Waals surface area contributed by atoms with Crippen LogP contribution < -0.4 is 5.32 Å². The van der Waals surface area contributed by atoms with Crippen molar-refractivity contribution in [3.63, 3.8) is 0 Å². The Balaban J connectivity index is 1.93. The van der Waals surface area contributed by atoms with E-state index < -0.39 is 0 Å². The quantitative estimate of drug-likeness (QED) is 0.832. The maximum Gasteiger partial charge on any atom is 0.222 e. The second-order valence-corrected chi connectivity index (χ2v) is 4.56. The van der Waals surface area contributed by atoms with Crippen molar-refractivity contribution >= 4 is 22.6 Å². The molecule has 0 spiro atoms. The normalized spacial score (nSPS) is 10.4. The third-order valence-electron chi connectivity index (χ3n) is 2.90. The van der Waals surface area contributed by atoms with Crippen LogP contribution >= 0.6 is 0 Å². The van der Waals surface area contributed by atoms with Crippen LogP contribution in [0.25, 0.3) is 10.9 Å². The van der Waals surface area contributed by atoms with Crippen LogP contribution in [0.1, 0.15) is 12.8 Å². The maximum atomic E-state index is 11.4. The fourth-order valence-electron chi connectivity index (χ4n) is 1.82. The van der Waals surface area contributed by atoms with Crippen LogP contribution in [0.3, 0.4) is 0 Å².